The van der Waals surface area contributed by atoms with Crippen LogP contribution in [-0.4, -0.2) is 17.3 Å². The van der Waals surface area contributed by atoms with Gasteiger partial charge in [0.1, 0.15) is 0 Å². The van der Waals surface area contributed by atoms with Gasteiger partial charge >= 0.3 is 12.1 Å². The van der Waals surface area contributed by atoms with Crippen molar-refractivity contribution in [2.75, 3.05) is 0 Å². The van der Waals surface area contributed by atoms with Gasteiger partial charge in [0.2, 0.25) is 0 Å². The molecule has 0 aliphatic carbocycles. The molecule has 1 aromatic carbocycles. The van der Waals surface area contributed by atoms with Crippen LogP contribution in [-0.2, 0) is 11.2 Å². The number of hydrogen-bond acceptors (Lipinski definition) is 1. The second-order valence-electron chi connectivity index (χ2n) is 4.24. The number of carboxylic acids is 1. The Morgan fingerprint density at radius 1 is 1.28 bits per heavy atom. The zero-order chi connectivity index (χ0) is 13.9. The number of alkyl halides is 3. The van der Waals surface area contributed by atoms with Gasteiger partial charge in [0.15, 0.2) is 0 Å². The molecule has 1 N–H and O–H groups in total. The molecule has 1 aromatic rings. The van der Waals surface area contributed by atoms with E-state index in [9.17, 15) is 18.0 Å². The number of hydrogen-bond donors (Lipinski definition) is 1. The van der Waals surface area contributed by atoms with Crippen molar-refractivity contribution in [1.29, 1.82) is 0 Å². The van der Waals surface area contributed by atoms with Crippen molar-refractivity contribution >= 4 is 5.97 Å². The van der Waals surface area contributed by atoms with E-state index in [4.69, 9.17) is 5.11 Å². The maximum atomic E-state index is 12.6. The topological polar surface area (TPSA) is 37.3 Å². The van der Waals surface area contributed by atoms with Gasteiger partial charge in [0.25, 0.3) is 0 Å². The summed E-state index contributed by atoms with van der Waals surface area (Å²) in [5, 5.41) is 8.99. The molecule has 0 aromatic heterocycles. The van der Waals surface area contributed by atoms with Crippen LogP contribution in [0.25, 0.3) is 0 Å². The van der Waals surface area contributed by atoms with E-state index in [1.807, 2.05) is 6.92 Å². The minimum absolute atomic E-state index is 0.185. The molecule has 1 rings (SSSR count). The lowest BCUT2D eigenvalue weighted by Gasteiger charge is -2.23. The SMILES string of the molecule is CCc1ccc(C(C(=O)O)[C@@H](C)C(F)(F)F)cc1. The lowest BCUT2D eigenvalue weighted by atomic mass is 9.86. The van der Waals surface area contributed by atoms with Gasteiger partial charge < -0.3 is 5.11 Å². The maximum Gasteiger partial charge on any atom is 0.392 e. The molecule has 0 radical (unpaired) electrons. The highest BCUT2D eigenvalue weighted by Gasteiger charge is 2.44. The van der Waals surface area contributed by atoms with Crippen molar-refractivity contribution < 1.29 is 23.1 Å². The monoisotopic (exact) mass is 260 g/mol. The fourth-order valence-electron chi connectivity index (χ4n) is 1.79. The van der Waals surface area contributed by atoms with Gasteiger partial charge in [-0.1, -0.05) is 38.1 Å². The summed E-state index contributed by atoms with van der Waals surface area (Å²) in [7, 11) is 0. The highest BCUT2D eigenvalue weighted by Crippen LogP contribution is 2.37. The van der Waals surface area contributed by atoms with Gasteiger partial charge in [0, 0.05) is 0 Å². The molecular weight excluding hydrogens is 245 g/mol. The number of aliphatic carboxylic acids is 1. The van der Waals surface area contributed by atoms with E-state index in [-0.39, 0.29) is 5.56 Å². The van der Waals surface area contributed by atoms with Crippen LogP contribution in [0.1, 0.15) is 30.9 Å². The van der Waals surface area contributed by atoms with Crippen LogP contribution in [0.3, 0.4) is 0 Å². The normalized spacial score (nSPS) is 15.2. The molecule has 0 aliphatic rings. The van der Waals surface area contributed by atoms with Gasteiger partial charge in [-0.2, -0.15) is 13.2 Å². The third kappa shape index (κ3) is 3.24. The first-order valence-electron chi connectivity index (χ1n) is 5.65. The van der Waals surface area contributed by atoms with E-state index >= 15 is 0 Å². The van der Waals surface area contributed by atoms with Crippen molar-refractivity contribution in [3.05, 3.63) is 35.4 Å². The molecule has 0 amide bonds. The van der Waals surface area contributed by atoms with E-state index < -0.39 is 24.0 Å². The van der Waals surface area contributed by atoms with Gasteiger partial charge in [-0.05, 0) is 17.5 Å². The number of benzene rings is 1. The standard InChI is InChI=1S/C13H15F3O2/c1-3-9-4-6-10(7-5-9)11(12(17)18)8(2)13(14,15)16/h4-8,11H,3H2,1-2H3,(H,17,18)/t8-,11?/m1/s1. The summed E-state index contributed by atoms with van der Waals surface area (Å²) in [4.78, 5) is 11.0. The Morgan fingerprint density at radius 3 is 2.11 bits per heavy atom. The van der Waals surface area contributed by atoms with Crippen molar-refractivity contribution in [2.45, 2.75) is 32.4 Å². The predicted octanol–water partition coefficient (Wildman–Crippen LogP) is 3.62. The molecule has 2 nitrogen and oxygen atoms in total. The molecule has 5 heteroatoms. The summed E-state index contributed by atoms with van der Waals surface area (Å²) in [6.07, 6.45) is -3.76. The first kappa shape index (κ1) is 14.5. The van der Waals surface area contributed by atoms with Crippen molar-refractivity contribution in [2.24, 2.45) is 5.92 Å². The van der Waals surface area contributed by atoms with Crippen molar-refractivity contribution in [1.82, 2.24) is 0 Å². The average Bonchev–Trinajstić information content (AvgIpc) is 2.28. The Balaban J connectivity index is 3.08. The molecule has 1 unspecified atom stereocenters. The summed E-state index contributed by atoms with van der Waals surface area (Å²) < 4.78 is 37.9. The zero-order valence-corrected chi connectivity index (χ0v) is 10.2. The summed E-state index contributed by atoms with van der Waals surface area (Å²) >= 11 is 0. The number of rotatable bonds is 4. The van der Waals surface area contributed by atoms with Crippen LogP contribution in [0.2, 0.25) is 0 Å². The molecule has 0 heterocycles. The Labute approximate surface area is 103 Å². The predicted molar refractivity (Wildman–Crippen MR) is 61.4 cm³/mol. The Bertz CT molecular complexity index is 409. The minimum Gasteiger partial charge on any atom is -0.481 e. The molecule has 18 heavy (non-hydrogen) atoms. The average molecular weight is 260 g/mol. The van der Waals surface area contributed by atoms with E-state index in [1.54, 1.807) is 12.1 Å². The highest BCUT2D eigenvalue weighted by molar-refractivity contribution is 5.76. The quantitative estimate of drug-likeness (QED) is 0.897. The largest absolute Gasteiger partial charge is 0.481 e. The Kier molecular flexibility index (Phi) is 4.38. The van der Waals surface area contributed by atoms with Crippen LogP contribution in [0.5, 0.6) is 0 Å². The molecule has 2 atom stereocenters. The second kappa shape index (κ2) is 5.42. The van der Waals surface area contributed by atoms with Crippen LogP contribution in [0, 0.1) is 5.92 Å². The molecule has 0 bridgehead atoms. The fraction of sp³-hybridized carbons (Fsp3) is 0.462. The highest BCUT2D eigenvalue weighted by atomic mass is 19.4. The summed E-state index contributed by atoms with van der Waals surface area (Å²) in [5.41, 5.74) is 1.15. The lowest BCUT2D eigenvalue weighted by Crippen LogP contribution is -2.31. The van der Waals surface area contributed by atoms with Gasteiger partial charge in [-0.15, -0.1) is 0 Å². The molecule has 100 valence electrons. The summed E-state index contributed by atoms with van der Waals surface area (Å²) in [6.45, 7) is 2.81. The molecule has 0 aliphatic heterocycles. The maximum absolute atomic E-state index is 12.6. The molecule has 0 fully saturated rings. The van der Waals surface area contributed by atoms with Crippen LogP contribution >= 0.6 is 0 Å². The third-order valence-electron chi connectivity index (χ3n) is 3.03. The van der Waals surface area contributed by atoms with Gasteiger partial charge in [0.05, 0.1) is 11.8 Å². The first-order chi connectivity index (χ1) is 8.27. The first-order valence-corrected chi connectivity index (χ1v) is 5.65. The molecular formula is C13H15F3O2. The zero-order valence-electron chi connectivity index (χ0n) is 10.2. The van der Waals surface area contributed by atoms with Crippen LogP contribution in [0.4, 0.5) is 13.2 Å². The van der Waals surface area contributed by atoms with Crippen LogP contribution in [0.15, 0.2) is 24.3 Å². The number of carboxylic acid groups (broad SMARTS) is 1. The number of halogens is 3. The molecule has 0 saturated carbocycles. The third-order valence-corrected chi connectivity index (χ3v) is 3.03. The van der Waals surface area contributed by atoms with E-state index in [0.717, 1.165) is 18.9 Å². The smallest absolute Gasteiger partial charge is 0.392 e. The second-order valence-corrected chi connectivity index (χ2v) is 4.24. The van der Waals surface area contributed by atoms with Crippen molar-refractivity contribution in [3.8, 4) is 0 Å². The Morgan fingerprint density at radius 2 is 1.78 bits per heavy atom. The van der Waals surface area contributed by atoms with Crippen LogP contribution < -0.4 is 0 Å². The molecule has 0 spiro atoms. The lowest BCUT2D eigenvalue weighted by molar-refractivity contribution is -0.183. The van der Waals surface area contributed by atoms with Gasteiger partial charge in [-0.3, -0.25) is 4.79 Å². The summed E-state index contributed by atoms with van der Waals surface area (Å²) in [5.74, 6) is -4.93. The number of carbonyl (C=O) groups is 1. The summed E-state index contributed by atoms with van der Waals surface area (Å²) in [6, 6.07) is 6.24. The van der Waals surface area contributed by atoms with Crippen molar-refractivity contribution in [3.63, 3.8) is 0 Å². The minimum atomic E-state index is -4.52. The fourth-order valence-corrected chi connectivity index (χ4v) is 1.79. The van der Waals surface area contributed by atoms with E-state index in [0.29, 0.717) is 0 Å². The van der Waals surface area contributed by atoms with Gasteiger partial charge in [-0.25, -0.2) is 0 Å². The van der Waals surface area contributed by atoms with E-state index in [2.05, 4.69) is 0 Å². The Hall–Kier alpha value is -1.52. The van der Waals surface area contributed by atoms with E-state index in [1.165, 1.54) is 12.1 Å². The number of aryl methyl sites for hydroxylation is 1. The molecule has 0 saturated heterocycles.